The predicted octanol–water partition coefficient (Wildman–Crippen LogP) is 3.01. The number of ether oxygens (including phenoxy) is 2. The lowest BCUT2D eigenvalue weighted by molar-refractivity contribution is -0.130. The van der Waals surface area contributed by atoms with E-state index in [1.54, 1.807) is 7.05 Å². The average Bonchev–Trinajstić information content (AvgIpc) is 2.55. The minimum atomic E-state index is -0.637. The zero-order chi connectivity index (χ0) is 15.9. The molecule has 0 aliphatic heterocycles. The Hall–Kier alpha value is -2.33. The fraction of sp³-hybridized carbons (Fsp3) is 0.278. The van der Waals surface area contributed by atoms with Crippen LogP contribution in [0.1, 0.15) is 22.8 Å². The molecule has 4 nitrogen and oxygen atoms in total. The zero-order valence-corrected chi connectivity index (χ0v) is 13.1. The van der Waals surface area contributed by atoms with Crippen molar-refractivity contribution in [2.75, 3.05) is 14.2 Å². The highest BCUT2D eigenvalue weighted by molar-refractivity contribution is 5.82. The molecule has 0 aromatic heterocycles. The second-order valence-corrected chi connectivity index (χ2v) is 4.98. The van der Waals surface area contributed by atoms with Crippen molar-refractivity contribution >= 4 is 5.91 Å². The van der Waals surface area contributed by atoms with Gasteiger partial charge in [0.25, 0.3) is 5.91 Å². The number of aryl methyl sites for hydroxylation is 1. The van der Waals surface area contributed by atoms with Crippen molar-refractivity contribution in [2.45, 2.75) is 19.6 Å². The SMILES string of the molecule is CNC(=O)[C@H](OC)c1ccccc1COc1ccccc1C. The number of rotatable bonds is 6. The summed E-state index contributed by atoms with van der Waals surface area (Å²) >= 11 is 0. The van der Waals surface area contributed by atoms with Crippen LogP contribution in [0.3, 0.4) is 0 Å². The Morgan fingerprint density at radius 1 is 1.14 bits per heavy atom. The molecule has 0 unspecified atom stereocenters. The lowest BCUT2D eigenvalue weighted by Gasteiger charge is -2.18. The summed E-state index contributed by atoms with van der Waals surface area (Å²) in [6.07, 6.45) is -0.637. The normalized spacial score (nSPS) is 11.8. The van der Waals surface area contributed by atoms with Crippen LogP contribution in [-0.2, 0) is 16.1 Å². The minimum absolute atomic E-state index is 0.175. The van der Waals surface area contributed by atoms with E-state index in [4.69, 9.17) is 9.47 Å². The Morgan fingerprint density at radius 2 is 1.82 bits per heavy atom. The maximum atomic E-state index is 11.9. The largest absolute Gasteiger partial charge is 0.489 e. The van der Waals surface area contributed by atoms with Crippen LogP contribution in [0.4, 0.5) is 0 Å². The van der Waals surface area contributed by atoms with Crippen molar-refractivity contribution in [1.29, 1.82) is 0 Å². The van der Waals surface area contributed by atoms with E-state index in [9.17, 15) is 4.79 Å². The highest BCUT2D eigenvalue weighted by atomic mass is 16.5. The molecule has 1 amide bonds. The Morgan fingerprint density at radius 3 is 2.50 bits per heavy atom. The van der Waals surface area contributed by atoms with Crippen LogP contribution in [-0.4, -0.2) is 20.1 Å². The van der Waals surface area contributed by atoms with Crippen LogP contribution in [0.2, 0.25) is 0 Å². The first kappa shape index (κ1) is 16.0. The van der Waals surface area contributed by atoms with E-state index >= 15 is 0 Å². The second-order valence-electron chi connectivity index (χ2n) is 4.98. The third-order valence-corrected chi connectivity index (χ3v) is 3.53. The Labute approximate surface area is 131 Å². The first-order valence-electron chi connectivity index (χ1n) is 7.18. The third-order valence-electron chi connectivity index (χ3n) is 3.53. The number of hydrogen-bond acceptors (Lipinski definition) is 3. The maximum absolute atomic E-state index is 11.9. The summed E-state index contributed by atoms with van der Waals surface area (Å²) in [7, 11) is 3.12. The van der Waals surface area contributed by atoms with E-state index in [2.05, 4.69) is 5.32 Å². The number of methoxy groups -OCH3 is 1. The maximum Gasteiger partial charge on any atom is 0.253 e. The minimum Gasteiger partial charge on any atom is -0.489 e. The summed E-state index contributed by atoms with van der Waals surface area (Å²) in [5.74, 6) is 0.664. The van der Waals surface area contributed by atoms with E-state index < -0.39 is 6.10 Å². The van der Waals surface area contributed by atoms with Gasteiger partial charge in [-0.15, -0.1) is 0 Å². The zero-order valence-electron chi connectivity index (χ0n) is 13.1. The molecule has 4 heteroatoms. The number of para-hydroxylation sites is 1. The van der Waals surface area contributed by atoms with E-state index in [1.807, 2.05) is 55.5 Å². The van der Waals surface area contributed by atoms with Crippen LogP contribution >= 0.6 is 0 Å². The third kappa shape index (κ3) is 3.65. The molecule has 0 spiro atoms. The molecule has 0 aliphatic carbocycles. The van der Waals surface area contributed by atoms with Gasteiger partial charge >= 0.3 is 0 Å². The van der Waals surface area contributed by atoms with Gasteiger partial charge in [0, 0.05) is 14.2 Å². The molecule has 116 valence electrons. The van der Waals surface area contributed by atoms with Gasteiger partial charge in [0.2, 0.25) is 0 Å². The molecule has 2 aromatic carbocycles. The van der Waals surface area contributed by atoms with E-state index in [0.717, 1.165) is 22.4 Å². The number of hydrogen-bond donors (Lipinski definition) is 1. The fourth-order valence-electron chi connectivity index (χ4n) is 2.30. The molecule has 0 bridgehead atoms. The molecule has 1 N–H and O–H groups in total. The molecule has 0 radical (unpaired) electrons. The van der Waals surface area contributed by atoms with Crippen molar-refractivity contribution in [3.05, 3.63) is 65.2 Å². The summed E-state index contributed by atoms with van der Waals surface area (Å²) in [5, 5.41) is 2.62. The number of benzene rings is 2. The van der Waals surface area contributed by atoms with Gasteiger partial charge in [-0.2, -0.15) is 0 Å². The Balaban J connectivity index is 2.21. The predicted molar refractivity (Wildman–Crippen MR) is 85.8 cm³/mol. The van der Waals surface area contributed by atoms with Gasteiger partial charge in [0.05, 0.1) is 0 Å². The molecule has 2 rings (SSSR count). The van der Waals surface area contributed by atoms with Gasteiger partial charge < -0.3 is 14.8 Å². The van der Waals surface area contributed by atoms with Gasteiger partial charge in [-0.05, 0) is 29.7 Å². The fourth-order valence-corrected chi connectivity index (χ4v) is 2.30. The van der Waals surface area contributed by atoms with Crippen molar-refractivity contribution < 1.29 is 14.3 Å². The number of nitrogens with one attached hydrogen (secondary N) is 1. The van der Waals surface area contributed by atoms with Crippen LogP contribution in [0.25, 0.3) is 0 Å². The molecule has 0 aliphatic rings. The number of likely N-dealkylation sites (N-methyl/N-ethyl adjacent to an activating group) is 1. The lowest BCUT2D eigenvalue weighted by Crippen LogP contribution is -2.27. The standard InChI is InChI=1S/C18H21NO3/c1-13-8-4-7-11-16(13)22-12-14-9-5-6-10-15(14)17(21-3)18(20)19-2/h4-11,17H,12H2,1-3H3,(H,19,20)/t17-/m1/s1. The van der Waals surface area contributed by atoms with E-state index in [1.165, 1.54) is 7.11 Å². The number of carbonyl (C=O) groups is 1. The smallest absolute Gasteiger partial charge is 0.253 e. The van der Waals surface area contributed by atoms with Crippen molar-refractivity contribution in [2.24, 2.45) is 0 Å². The Bertz CT molecular complexity index is 640. The van der Waals surface area contributed by atoms with Crippen LogP contribution in [0.5, 0.6) is 5.75 Å². The van der Waals surface area contributed by atoms with Crippen LogP contribution in [0, 0.1) is 6.92 Å². The highest BCUT2D eigenvalue weighted by Crippen LogP contribution is 2.24. The second kappa shape index (κ2) is 7.61. The summed E-state index contributed by atoms with van der Waals surface area (Å²) in [4.78, 5) is 11.9. The molecule has 22 heavy (non-hydrogen) atoms. The Kier molecular flexibility index (Phi) is 5.55. The first-order valence-corrected chi connectivity index (χ1v) is 7.18. The molecule has 0 saturated carbocycles. The summed E-state index contributed by atoms with van der Waals surface area (Å²) < 4.78 is 11.2. The van der Waals surface area contributed by atoms with Crippen LogP contribution in [0.15, 0.2) is 48.5 Å². The first-order chi connectivity index (χ1) is 10.7. The molecule has 1 atom stereocenters. The van der Waals surface area contributed by atoms with E-state index in [0.29, 0.717) is 6.61 Å². The van der Waals surface area contributed by atoms with Crippen molar-refractivity contribution in [3.8, 4) is 5.75 Å². The van der Waals surface area contributed by atoms with Gasteiger partial charge in [-0.1, -0.05) is 42.5 Å². The van der Waals surface area contributed by atoms with Gasteiger partial charge in [-0.3, -0.25) is 4.79 Å². The van der Waals surface area contributed by atoms with Gasteiger partial charge in [0.1, 0.15) is 12.4 Å². The number of carbonyl (C=O) groups excluding carboxylic acids is 1. The average molecular weight is 299 g/mol. The van der Waals surface area contributed by atoms with Gasteiger partial charge in [0.15, 0.2) is 6.10 Å². The molecular weight excluding hydrogens is 278 g/mol. The summed E-state index contributed by atoms with van der Waals surface area (Å²) in [6, 6.07) is 15.5. The molecule has 0 fully saturated rings. The lowest BCUT2D eigenvalue weighted by atomic mass is 10.0. The molecule has 0 heterocycles. The van der Waals surface area contributed by atoms with Gasteiger partial charge in [-0.25, -0.2) is 0 Å². The summed E-state index contributed by atoms with van der Waals surface area (Å²) in [6.45, 7) is 2.39. The van der Waals surface area contributed by atoms with Crippen LogP contribution < -0.4 is 10.1 Å². The highest BCUT2D eigenvalue weighted by Gasteiger charge is 2.21. The number of amides is 1. The topological polar surface area (TPSA) is 47.6 Å². The van der Waals surface area contributed by atoms with Crippen molar-refractivity contribution in [3.63, 3.8) is 0 Å². The van der Waals surface area contributed by atoms with Crippen molar-refractivity contribution in [1.82, 2.24) is 5.32 Å². The van der Waals surface area contributed by atoms with E-state index in [-0.39, 0.29) is 5.91 Å². The molecule has 0 saturated heterocycles. The quantitative estimate of drug-likeness (QED) is 0.892. The molecular formula is C18H21NO3. The monoisotopic (exact) mass is 299 g/mol. The molecule has 2 aromatic rings. The summed E-state index contributed by atoms with van der Waals surface area (Å²) in [5.41, 5.74) is 2.83.